The summed E-state index contributed by atoms with van der Waals surface area (Å²) in [6.45, 7) is 6.31. The zero-order chi connectivity index (χ0) is 11.4. The summed E-state index contributed by atoms with van der Waals surface area (Å²) in [4.78, 5) is 12.4. The van der Waals surface area contributed by atoms with Crippen molar-refractivity contribution in [2.75, 3.05) is 13.3 Å². The highest BCUT2D eigenvalue weighted by atomic mass is 32.3. The number of amides is 1. The SMILES string of the molecule is C=C(C)C(=O)N(CC)COS(=O)(=O)O. The molecule has 0 atom stereocenters. The highest BCUT2D eigenvalue weighted by molar-refractivity contribution is 7.80. The molecule has 0 aromatic heterocycles. The molecule has 6 nitrogen and oxygen atoms in total. The molecule has 0 aliphatic carbocycles. The van der Waals surface area contributed by atoms with E-state index in [1.165, 1.54) is 6.92 Å². The molecule has 0 heterocycles. The second-order valence-corrected chi connectivity index (χ2v) is 3.71. The quantitative estimate of drug-likeness (QED) is 0.408. The first kappa shape index (κ1) is 13.1. The van der Waals surface area contributed by atoms with E-state index in [9.17, 15) is 13.2 Å². The van der Waals surface area contributed by atoms with Gasteiger partial charge in [0, 0.05) is 12.1 Å². The van der Waals surface area contributed by atoms with Crippen LogP contribution in [0.25, 0.3) is 0 Å². The summed E-state index contributed by atoms with van der Waals surface area (Å²) in [5.41, 5.74) is 0.269. The molecule has 0 aromatic carbocycles. The zero-order valence-corrected chi connectivity index (χ0v) is 8.87. The van der Waals surface area contributed by atoms with Gasteiger partial charge < -0.3 is 4.90 Å². The van der Waals surface area contributed by atoms with Crippen LogP contribution in [0.4, 0.5) is 0 Å². The van der Waals surface area contributed by atoms with E-state index in [0.717, 1.165) is 4.90 Å². The third-order valence-electron chi connectivity index (χ3n) is 1.39. The Balaban J connectivity index is 4.32. The largest absolute Gasteiger partial charge is 0.399 e. The number of carbonyl (C=O) groups is 1. The molecule has 0 fully saturated rings. The number of likely N-dealkylation sites (N-methyl/N-ethyl adjacent to an activating group) is 1. The predicted octanol–water partition coefficient (Wildman–Crippen LogP) is 0.188. The Labute approximate surface area is 83.1 Å². The van der Waals surface area contributed by atoms with Gasteiger partial charge in [-0.1, -0.05) is 6.58 Å². The van der Waals surface area contributed by atoms with Crippen LogP contribution in [0.1, 0.15) is 13.8 Å². The molecule has 0 spiro atoms. The summed E-state index contributed by atoms with van der Waals surface area (Å²) in [5.74, 6) is -0.420. The second-order valence-electron chi connectivity index (χ2n) is 2.62. The monoisotopic (exact) mass is 223 g/mol. The minimum atomic E-state index is -4.51. The summed E-state index contributed by atoms with van der Waals surface area (Å²) >= 11 is 0. The van der Waals surface area contributed by atoms with Crippen molar-refractivity contribution in [1.29, 1.82) is 0 Å². The molecule has 0 saturated carbocycles. The maximum atomic E-state index is 11.3. The molecular weight excluding hydrogens is 210 g/mol. The summed E-state index contributed by atoms with van der Waals surface area (Å²) in [5, 5.41) is 0. The van der Waals surface area contributed by atoms with Crippen molar-refractivity contribution < 1.29 is 21.9 Å². The number of rotatable bonds is 5. The summed E-state index contributed by atoms with van der Waals surface area (Å²) in [6, 6.07) is 0. The molecule has 14 heavy (non-hydrogen) atoms. The predicted molar refractivity (Wildman–Crippen MR) is 49.7 cm³/mol. The van der Waals surface area contributed by atoms with Gasteiger partial charge in [-0.25, -0.2) is 4.18 Å². The number of hydrogen-bond donors (Lipinski definition) is 1. The van der Waals surface area contributed by atoms with Crippen LogP contribution in [-0.2, 0) is 19.4 Å². The van der Waals surface area contributed by atoms with Crippen molar-refractivity contribution in [3.8, 4) is 0 Å². The molecule has 0 unspecified atom stereocenters. The van der Waals surface area contributed by atoms with Crippen LogP contribution >= 0.6 is 0 Å². The highest BCUT2D eigenvalue weighted by Crippen LogP contribution is 2.00. The van der Waals surface area contributed by atoms with Gasteiger partial charge in [-0.05, 0) is 13.8 Å². The molecule has 0 aromatic rings. The van der Waals surface area contributed by atoms with Gasteiger partial charge in [-0.2, -0.15) is 8.42 Å². The van der Waals surface area contributed by atoms with Gasteiger partial charge in [-0.3, -0.25) is 9.35 Å². The number of carbonyl (C=O) groups excluding carboxylic acids is 1. The lowest BCUT2D eigenvalue weighted by Crippen LogP contribution is -2.34. The van der Waals surface area contributed by atoms with Crippen LogP contribution in [0.5, 0.6) is 0 Å². The fourth-order valence-electron chi connectivity index (χ4n) is 0.694. The molecule has 7 heteroatoms. The van der Waals surface area contributed by atoms with E-state index in [2.05, 4.69) is 10.8 Å². The molecule has 0 rings (SSSR count). The lowest BCUT2D eigenvalue weighted by molar-refractivity contribution is -0.129. The molecular formula is C7H13NO5S. The Kier molecular flexibility index (Phi) is 4.75. The molecule has 0 saturated heterocycles. The molecule has 1 amide bonds. The van der Waals surface area contributed by atoms with Gasteiger partial charge in [0.15, 0.2) is 0 Å². The standard InChI is InChI=1S/C7H13NO5S/c1-4-8(7(9)6(2)3)5-13-14(10,11)12/h2,4-5H2,1,3H3,(H,10,11,12). The zero-order valence-electron chi connectivity index (χ0n) is 8.06. The van der Waals surface area contributed by atoms with E-state index in [4.69, 9.17) is 4.55 Å². The Morgan fingerprint density at radius 3 is 2.36 bits per heavy atom. The molecule has 0 aliphatic heterocycles. The molecule has 0 aliphatic rings. The minimum absolute atomic E-state index is 0.265. The van der Waals surface area contributed by atoms with Gasteiger partial charge in [0.2, 0.25) is 0 Å². The molecule has 0 radical (unpaired) electrons. The lowest BCUT2D eigenvalue weighted by atomic mass is 10.3. The summed E-state index contributed by atoms with van der Waals surface area (Å²) in [7, 11) is -4.51. The number of nitrogens with zero attached hydrogens (tertiary/aromatic N) is 1. The topological polar surface area (TPSA) is 83.9 Å². The Hall–Kier alpha value is -0.920. The Morgan fingerprint density at radius 2 is 2.07 bits per heavy atom. The van der Waals surface area contributed by atoms with Crippen molar-refractivity contribution in [2.45, 2.75) is 13.8 Å². The van der Waals surface area contributed by atoms with E-state index in [1.54, 1.807) is 6.92 Å². The van der Waals surface area contributed by atoms with Gasteiger partial charge >= 0.3 is 10.4 Å². The van der Waals surface area contributed by atoms with E-state index in [-0.39, 0.29) is 12.1 Å². The third-order valence-corrected chi connectivity index (χ3v) is 1.79. The van der Waals surface area contributed by atoms with Crippen LogP contribution in [0.3, 0.4) is 0 Å². The van der Waals surface area contributed by atoms with Gasteiger partial charge in [0.05, 0.1) is 0 Å². The van der Waals surface area contributed by atoms with Crippen LogP contribution in [0.15, 0.2) is 12.2 Å². The normalized spacial score (nSPS) is 11.1. The van der Waals surface area contributed by atoms with Crippen molar-refractivity contribution in [2.24, 2.45) is 0 Å². The Morgan fingerprint density at radius 1 is 1.57 bits per heavy atom. The maximum Gasteiger partial charge on any atom is 0.399 e. The Bertz CT molecular complexity index is 321. The van der Waals surface area contributed by atoms with Crippen LogP contribution in [0.2, 0.25) is 0 Å². The van der Waals surface area contributed by atoms with Gasteiger partial charge in [-0.15, -0.1) is 0 Å². The first-order valence-electron chi connectivity index (χ1n) is 3.84. The van der Waals surface area contributed by atoms with Crippen LogP contribution in [0, 0.1) is 0 Å². The fraction of sp³-hybridized carbons (Fsp3) is 0.571. The van der Waals surface area contributed by atoms with E-state index >= 15 is 0 Å². The first-order chi connectivity index (χ1) is 6.28. The minimum Gasteiger partial charge on any atom is -0.315 e. The third kappa shape index (κ3) is 4.95. The molecule has 1 N–H and O–H groups in total. The summed E-state index contributed by atoms with van der Waals surface area (Å²) in [6.07, 6.45) is 0. The van der Waals surface area contributed by atoms with Crippen LogP contribution < -0.4 is 0 Å². The average Bonchev–Trinajstić information content (AvgIpc) is 2.02. The van der Waals surface area contributed by atoms with Crippen molar-refractivity contribution in [3.63, 3.8) is 0 Å². The molecule has 0 bridgehead atoms. The van der Waals surface area contributed by atoms with Crippen molar-refractivity contribution in [3.05, 3.63) is 12.2 Å². The smallest absolute Gasteiger partial charge is 0.315 e. The second kappa shape index (κ2) is 5.08. The maximum absolute atomic E-state index is 11.3. The van der Waals surface area contributed by atoms with Gasteiger partial charge in [0.1, 0.15) is 6.73 Å². The van der Waals surface area contributed by atoms with E-state index in [0.29, 0.717) is 0 Å². The van der Waals surface area contributed by atoms with Crippen LogP contribution in [-0.4, -0.2) is 37.1 Å². The molecule has 82 valence electrons. The summed E-state index contributed by atoms with van der Waals surface area (Å²) < 4.78 is 32.8. The first-order valence-corrected chi connectivity index (χ1v) is 5.21. The van der Waals surface area contributed by atoms with E-state index in [1.807, 2.05) is 0 Å². The van der Waals surface area contributed by atoms with Gasteiger partial charge in [0.25, 0.3) is 5.91 Å². The average molecular weight is 223 g/mol. The van der Waals surface area contributed by atoms with E-state index < -0.39 is 23.0 Å². The highest BCUT2D eigenvalue weighted by Gasteiger charge is 2.15. The number of hydrogen-bond acceptors (Lipinski definition) is 4. The lowest BCUT2D eigenvalue weighted by Gasteiger charge is -2.19. The van der Waals surface area contributed by atoms with Crippen molar-refractivity contribution >= 4 is 16.3 Å². The fourth-order valence-corrected chi connectivity index (χ4v) is 0.954. The van der Waals surface area contributed by atoms with Crippen molar-refractivity contribution in [1.82, 2.24) is 4.90 Å².